The van der Waals surface area contributed by atoms with Gasteiger partial charge in [-0.2, -0.15) is 0 Å². The highest BCUT2D eigenvalue weighted by Crippen LogP contribution is 2.23. The van der Waals surface area contributed by atoms with Gasteiger partial charge in [-0.15, -0.1) is 0 Å². The molecule has 1 fully saturated rings. The predicted molar refractivity (Wildman–Crippen MR) is 94.9 cm³/mol. The molecule has 4 heteroatoms. The lowest BCUT2D eigenvalue weighted by atomic mass is 9.90. The quantitative estimate of drug-likeness (QED) is 0.884. The van der Waals surface area contributed by atoms with Gasteiger partial charge in [-0.25, -0.2) is 0 Å². The Bertz CT molecular complexity index is 643. The minimum Gasteiger partial charge on any atom is -0.455 e. The third kappa shape index (κ3) is 4.48. The molecule has 0 unspecified atom stereocenters. The Morgan fingerprint density at radius 1 is 1.17 bits per heavy atom. The third-order valence-electron chi connectivity index (χ3n) is 4.68. The molecule has 1 amide bonds. The van der Waals surface area contributed by atoms with Crippen LogP contribution in [-0.2, 0) is 13.0 Å². The summed E-state index contributed by atoms with van der Waals surface area (Å²) in [6, 6.07) is 14.4. The second-order valence-corrected chi connectivity index (χ2v) is 6.53. The van der Waals surface area contributed by atoms with Crippen molar-refractivity contribution in [2.24, 2.45) is 5.92 Å². The van der Waals surface area contributed by atoms with Crippen LogP contribution in [0.2, 0.25) is 0 Å². The predicted octanol–water partition coefficient (Wildman–Crippen LogP) is 3.48. The zero-order valence-corrected chi connectivity index (χ0v) is 14.3. The molecular weight excluding hydrogens is 300 g/mol. The van der Waals surface area contributed by atoms with Crippen LogP contribution in [0.15, 0.2) is 46.9 Å². The number of carbonyl (C=O) groups excluding carboxylic acids is 1. The highest BCUT2D eigenvalue weighted by molar-refractivity contribution is 5.91. The molecule has 0 spiro atoms. The highest BCUT2D eigenvalue weighted by Gasteiger charge is 2.20. The van der Waals surface area contributed by atoms with E-state index in [1.807, 2.05) is 13.0 Å². The molecular formula is C20H26N2O2. The van der Waals surface area contributed by atoms with E-state index in [2.05, 4.69) is 40.5 Å². The first-order valence-electron chi connectivity index (χ1n) is 8.87. The molecule has 3 rings (SSSR count). The Hall–Kier alpha value is -2.07. The largest absolute Gasteiger partial charge is 0.455 e. The van der Waals surface area contributed by atoms with E-state index in [1.54, 1.807) is 6.07 Å². The second kappa shape index (κ2) is 8.15. The SMILES string of the molecule is CCNC(=O)c1ccc(CN2CCC(Cc3ccccc3)CC2)o1. The molecule has 0 atom stereocenters. The molecule has 0 bridgehead atoms. The molecule has 0 radical (unpaired) electrons. The van der Waals surface area contributed by atoms with Crippen molar-refractivity contribution in [3.63, 3.8) is 0 Å². The van der Waals surface area contributed by atoms with Gasteiger partial charge in [-0.3, -0.25) is 9.69 Å². The van der Waals surface area contributed by atoms with Crippen LogP contribution in [-0.4, -0.2) is 30.4 Å². The van der Waals surface area contributed by atoms with Gasteiger partial charge >= 0.3 is 0 Å². The molecule has 1 aliphatic heterocycles. The minimum atomic E-state index is -0.134. The van der Waals surface area contributed by atoms with Gasteiger partial charge in [0.1, 0.15) is 5.76 Å². The van der Waals surface area contributed by atoms with Crippen LogP contribution in [0.25, 0.3) is 0 Å². The monoisotopic (exact) mass is 326 g/mol. The summed E-state index contributed by atoms with van der Waals surface area (Å²) in [5, 5.41) is 2.76. The number of likely N-dealkylation sites (tertiary alicyclic amines) is 1. The smallest absolute Gasteiger partial charge is 0.286 e. The molecule has 1 saturated heterocycles. The van der Waals surface area contributed by atoms with E-state index in [1.165, 1.54) is 24.8 Å². The van der Waals surface area contributed by atoms with E-state index in [0.29, 0.717) is 12.3 Å². The molecule has 2 aromatic rings. The van der Waals surface area contributed by atoms with Gasteiger partial charge in [0, 0.05) is 6.54 Å². The molecule has 1 aromatic carbocycles. The van der Waals surface area contributed by atoms with Gasteiger partial charge in [0.25, 0.3) is 5.91 Å². The average molecular weight is 326 g/mol. The number of hydrogen-bond acceptors (Lipinski definition) is 3. The van der Waals surface area contributed by atoms with E-state index < -0.39 is 0 Å². The van der Waals surface area contributed by atoms with E-state index in [9.17, 15) is 4.79 Å². The van der Waals surface area contributed by atoms with Crippen molar-refractivity contribution >= 4 is 5.91 Å². The first kappa shape index (κ1) is 16.8. The van der Waals surface area contributed by atoms with Gasteiger partial charge in [0.2, 0.25) is 0 Å². The summed E-state index contributed by atoms with van der Waals surface area (Å²) in [6.45, 7) is 5.49. The fraction of sp³-hybridized carbons (Fsp3) is 0.450. The van der Waals surface area contributed by atoms with Crippen molar-refractivity contribution in [1.29, 1.82) is 0 Å². The average Bonchev–Trinajstić information content (AvgIpc) is 3.06. The van der Waals surface area contributed by atoms with Gasteiger partial charge in [-0.1, -0.05) is 30.3 Å². The maximum Gasteiger partial charge on any atom is 0.286 e. The molecule has 2 heterocycles. The topological polar surface area (TPSA) is 45.5 Å². The first-order chi connectivity index (χ1) is 11.7. The number of amides is 1. The van der Waals surface area contributed by atoms with E-state index in [-0.39, 0.29) is 5.91 Å². The van der Waals surface area contributed by atoms with Crippen LogP contribution in [0.1, 0.15) is 41.6 Å². The maximum atomic E-state index is 11.7. The van der Waals surface area contributed by atoms with Gasteiger partial charge in [0.15, 0.2) is 5.76 Å². The Labute approximate surface area is 143 Å². The van der Waals surface area contributed by atoms with Crippen LogP contribution in [0, 0.1) is 5.92 Å². The summed E-state index contributed by atoms with van der Waals surface area (Å²) in [5.74, 6) is 1.92. The fourth-order valence-electron chi connectivity index (χ4n) is 3.35. The van der Waals surface area contributed by atoms with Crippen molar-refractivity contribution in [1.82, 2.24) is 10.2 Å². The molecule has 1 N–H and O–H groups in total. The lowest BCUT2D eigenvalue weighted by molar-refractivity contribution is 0.0922. The summed E-state index contributed by atoms with van der Waals surface area (Å²) in [6.07, 6.45) is 3.62. The van der Waals surface area contributed by atoms with Crippen molar-refractivity contribution in [2.45, 2.75) is 32.7 Å². The number of rotatable bonds is 6. The molecule has 128 valence electrons. The summed E-state index contributed by atoms with van der Waals surface area (Å²) in [4.78, 5) is 14.2. The summed E-state index contributed by atoms with van der Waals surface area (Å²) in [7, 11) is 0. The molecule has 1 aliphatic rings. The summed E-state index contributed by atoms with van der Waals surface area (Å²) in [5.41, 5.74) is 1.44. The molecule has 0 aliphatic carbocycles. The number of furan rings is 1. The Kier molecular flexibility index (Phi) is 5.70. The zero-order chi connectivity index (χ0) is 16.8. The van der Waals surface area contributed by atoms with Crippen LogP contribution in [0.3, 0.4) is 0 Å². The zero-order valence-electron chi connectivity index (χ0n) is 14.3. The van der Waals surface area contributed by atoms with Crippen molar-refractivity contribution in [3.8, 4) is 0 Å². The number of benzene rings is 1. The van der Waals surface area contributed by atoms with E-state index in [4.69, 9.17) is 4.42 Å². The van der Waals surface area contributed by atoms with Crippen molar-refractivity contribution in [2.75, 3.05) is 19.6 Å². The Morgan fingerprint density at radius 3 is 2.62 bits per heavy atom. The van der Waals surface area contributed by atoms with E-state index >= 15 is 0 Å². The summed E-state index contributed by atoms with van der Waals surface area (Å²) >= 11 is 0. The number of piperidine rings is 1. The third-order valence-corrected chi connectivity index (χ3v) is 4.68. The maximum absolute atomic E-state index is 11.7. The summed E-state index contributed by atoms with van der Waals surface area (Å²) < 4.78 is 5.67. The van der Waals surface area contributed by atoms with E-state index in [0.717, 1.165) is 31.3 Å². The van der Waals surface area contributed by atoms with Crippen LogP contribution in [0.4, 0.5) is 0 Å². The highest BCUT2D eigenvalue weighted by atomic mass is 16.4. The standard InChI is InChI=1S/C20H26N2O2/c1-2-21-20(23)19-9-8-18(24-19)15-22-12-10-17(11-13-22)14-16-6-4-3-5-7-16/h3-9,17H,2,10-15H2,1H3,(H,21,23). The number of nitrogens with one attached hydrogen (secondary N) is 1. The van der Waals surface area contributed by atoms with Crippen LogP contribution < -0.4 is 5.32 Å². The lowest BCUT2D eigenvalue weighted by Crippen LogP contribution is -2.33. The van der Waals surface area contributed by atoms with Crippen molar-refractivity contribution < 1.29 is 9.21 Å². The molecule has 1 aromatic heterocycles. The molecule has 24 heavy (non-hydrogen) atoms. The van der Waals surface area contributed by atoms with Crippen LogP contribution in [0.5, 0.6) is 0 Å². The van der Waals surface area contributed by atoms with Gasteiger partial charge < -0.3 is 9.73 Å². The lowest BCUT2D eigenvalue weighted by Gasteiger charge is -2.31. The molecule has 4 nitrogen and oxygen atoms in total. The second-order valence-electron chi connectivity index (χ2n) is 6.53. The van der Waals surface area contributed by atoms with Gasteiger partial charge in [-0.05, 0) is 62.9 Å². The fourth-order valence-corrected chi connectivity index (χ4v) is 3.35. The minimum absolute atomic E-state index is 0.134. The number of hydrogen-bond donors (Lipinski definition) is 1. The van der Waals surface area contributed by atoms with Gasteiger partial charge in [0.05, 0.1) is 6.54 Å². The normalized spacial score (nSPS) is 16.2. The first-order valence-corrected chi connectivity index (χ1v) is 8.87. The number of nitrogens with zero attached hydrogens (tertiary/aromatic N) is 1. The Balaban J connectivity index is 1.46. The molecule has 0 saturated carbocycles. The van der Waals surface area contributed by atoms with Crippen molar-refractivity contribution in [3.05, 3.63) is 59.5 Å². The van der Waals surface area contributed by atoms with Crippen LogP contribution >= 0.6 is 0 Å². The Morgan fingerprint density at radius 2 is 1.92 bits per heavy atom. The number of carbonyl (C=O) groups is 1.